The second-order valence-corrected chi connectivity index (χ2v) is 8.93. The van der Waals surface area contributed by atoms with Crippen molar-refractivity contribution in [2.45, 2.75) is 37.5 Å². The summed E-state index contributed by atoms with van der Waals surface area (Å²) in [6, 6.07) is 17.1. The molecule has 3 N–H and O–H groups in total. The van der Waals surface area contributed by atoms with Gasteiger partial charge in [0.1, 0.15) is 11.6 Å². The van der Waals surface area contributed by atoms with E-state index >= 15 is 0 Å². The lowest BCUT2D eigenvalue weighted by Gasteiger charge is -2.16. The Kier molecular flexibility index (Phi) is 7.04. The smallest absolute Gasteiger partial charge is 0.189 e. The van der Waals surface area contributed by atoms with E-state index < -0.39 is 0 Å². The Bertz CT molecular complexity index is 996. The topological polar surface area (TPSA) is 74.8 Å². The van der Waals surface area contributed by atoms with E-state index in [0.29, 0.717) is 6.04 Å². The van der Waals surface area contributed by atoms with Gasteiger partial charge in [-0.2, -0.15) is 0 Å². The van der Waals surface area contributed by atoms with Crippen molar-refractivity contribution in [3.63, 3.8) is 0 Å². The van der Waals surface area contributed by atoms with E-state index in [1.165, 1.54) is 12.0 Å². The van der Waals surface area contributed by atoms with E-state index in [9.17, 15) is 0 Å². The van der Waals surface area contributed by atoms with E-state index in [-0.39, 0.29) is 6.04 Å². The maximum atomic E-state index is 4.73. The summed E-state index contributed by atoms with van der Waals surface area (Å²) in [6.07, 6.45) is 5.02. The predicted molar refractivity (Wildman–Crippen MR) is 130 cm³/mol. The van der Waals surface area contributed by atoms with Gasteiger partial charge in [0.25, 0.3) is 0 Å². The van der Waals surface area contributed by atoms with Crippen LogP contribution in [0.4, 0.5) is 11.6 Å². The molecule has 1 aromatic carbocycles. The maximum Gasteiger partial charge on any atom is 0.189 e. The highest BCUT2D eigenvalue weighted by Crippen LogP contribution is 2.26. The van der Waals surface area contributed by atoms with E-state index in [1.54, 1.807) is 11.8 Å². The minimum Gasteiger partial charge on any atom is -0.368 e. The summed E-state index contributed by atoms with van der Waals surface area (Å²) in [5.74, 6) is 2.42. The van der Waals surface area contributed by atoms with Crippen LogP contribution in [0.1, 0.15) is 31.9 Å². The molecule has 162 valence electrons. The number of nitrogens with zero attached hydrogens (tertiary/aromatic N) is 3. The number of hydrogen-bond donors (Lipinski definition) is 3. The molecule has 31 heavy (non-hydrogen) atoms. The van der Waals surface area contributed by atoms with Gasteiger partial charge in [-0.1, -0.05) is 49.0 Å². The first-order valence-corrected chi connectivity index (χ1v) is 12.0. The largest absolute Gasteiger partial charge is 0.368 e. The van der Waals surface area contributed by atoms with E-state index in [0.717, 1.165) is 47.1 Å². The third-order valence-electron chi connectivity index (χ3n) is 5.58. The number of benzene rings is 1. The van der Waals surface area contributed by atoms with Crippen molar-refractivity contribution >= 4 is 23.4 Å². The first-order valence-electron chi connectivity index (χ1n) is 10.8. The summed E-state index contributed by atoms with van der Waals surface area (Å²) in [5.41, 5.74) is 3.14. The lowest BCUT2D eigenvalue weighted by Crippen LogP contribution is -2.29. The van der Waals surface area contributed by atoms with Crippen molar-refractivity contribution in [3.05, 3.63) is 60.3 Å². The number of rotatable bonds is 8. The van der Waals surface area contributed by atoms with Gasteiger partial charge in [-0.3, -0.25) is 0 Å². The SMILES string of the molecule is CSc1nc(NCC2CC(C)CN2)cc(-c2ccnc(N[C@@H](C)c3ccccc3)c2)n1. The first kappa shape index (κ1) is 21.6. The molecule has 7 heteroatoms. The molecule has 2 unspecified atom stereocenters. The summed E-state index contributed by atoms with van der Waals surface area (Å²) in [6.45, 7) is 6.38. The maximum absolute atomic E-state index is 4.73. The molecule has 0 amide bonds. The zero-order chi connectivity index (χ0) is 21.6. The van der Waals surface area contributed by atoms with Gasteiger partial charge in [0.15, 0.2) is 5.16 Å². The molecular weight excluding hydrogens is 404 g/mol. The van der Waals surface area contributed by atoms with Crippen LogP contribution in [0.15, 0.2) is 59.9 Å². The molecule has 4 rings (SSSR count). The van der Waals surface area contributed by atoms with Gasteiger partial charge in [-0.15, -0.1) is 0 Å². The zero-order valence-electron chi connectivity index (χ0n) is 18.3. The normalized spacial score (nSPS) is 19.2. The molecule has 1 fully saturated rings. The van der Waals surface area contributed by atoms with Crippen LogP contribution in [-0.4, -0.2) is 40.3 Å². The summed E-state index contributed by atoms with van der Waals surface area (Å²) in [4.78, 5) is 13.9. The number of pyridine rings is 1. The number of hydrogen-bond acceptors (Lipinski definition) is 7. The molecule has 3 aromatic rings. The molecular formula is C24H30N6S. The van der Waals surface area contributed by atoms with Gasteiger partial charge < -0.3 is 16.0 Å². The van der Waals surface area contributed by atoms with Crippen molar-refractivity contribution in [1.82, 2.24) is 20.3 Å². The Balaban J connectivity index is 1.51. The Labute approximate surface area is 188 Å². The third-order valence-corrected chi connectivity index (χ3v) is 6.13. The lowest BCUT2D eigenvalue weighted by atomic mass is 10.1. The monoisotopic (exact) mass is 434 g/mol. The van der Waals surface area contributed by atoms with Crippen molar-refractivity contribution in [1.29, 1.82) is 0 Å². The average molecular weight is 435 g/mol. The predicted octanol–water partition coefficient (Wildman–Crippen LogP) is 4.84. The number of nitrogens with one attached hydrogen (secondary N) is 3. The fraction of sp³-hybridized carbons (Fsp3) is 0.375. The summed E-state index contributed by atoms with van der Waals surface area (Å²) in [7, 11) is 0. The highest BCUT2D eigenvalue weighted by Gasteiger charge is 2.20. The zero-order valence-corrected chi connectivity index (χ0v) is 19.1. The summed E-state index contributed by atoms with van der Waals surface area (Å²) in [5, 5.41) is 11.3. The minimum absolute atomic E-state index is 0.162. The van der Waals surface area contributed by atoms with E-state index in [2.05, 4.69) is 70.1 Å². The molecule has 0 saturated carbocycles. The second kappa shape index (κ2) is 10.1. The van der Waals surface area contributed by atoms with Crippen LogP contribution in [-0.2, 0) is 0 Å². The lowest BCUT2D eigenvalue weighted by molar-refractivity contribution is 0.603. The molecule has 3 heterocycles. The van der Waals surface area contributed by atoms with Gasteiger partial charge in [0.2, 0.25) is 0 Å². The third kappa shape index (κ3) is 5.74. The molecule has 1 saturated heterocycles. The standard InChI is InChI=1S/C24H30N6S/c1-16-11-20(26-14-16)15-27-23-13-21(29-24(30-23)31-3)19-9-10-25-22(12-19)28-17(2)18-7-5-4-6-8-18/h4-10,12-13,16-17,20,26H,11,14-15H2,1-3H3,(H,25,28)(H,27,29,30)/t16?,17-,20?/m0/s1. The molecule has 6 nitrogen and oxygen atoms in total. The van der Waals surface area contributed by atoms with Gasteiger partial charge >= 0.3 is 0 Å². The number of anilines is 2. The Morgan fingerprint density at radius 3 is 2.71 bits per heavy atom. The molecule has 3 atom stereocenters. The Morgan fingerprint density at radius 1 is 1.13 bits per heavy atom. The van der Waals surface area contributed by atoms with Crippen molar-refractivity contribution in [2.24, 2.45) is 5.92 Å². The quantitative estimate of drug-likeness (QED) is 0.346. The van der Waals surface area contributed by atoms with Crippen LogP contribution in [0.25, 0.3) is 11.3 Å². The highest BCUT2D eigenvalue weighted by molar-refractivity contribution is 7.98. The van der Waals surface area contributed by atoms with Crippen molar-refractivity contribution in [2.75, 3.05) is 30.0 Å². The summed E-state index contributed by atoms with van der Waals surface area (Å²) < 4.78 is 0. The number of aromatic nitrogens is 3. The molecule has 1 aliphatic rings. The first-order chi connectivity index (χ1) is 15.1. The summed E-state index contributed by atoms with van der Waals surface area (Å²) >= 11 is 1.55. The van der Waals surface area contributed by atoms with E-state index in [4.69, 9.17) is 4.98 Å². The minimum atomic E-state index is 0.162. The molecule has 0 aliphatic carbocycles. The van der Waals surface area contributed by atoms with Gasteiger partial charge in [0.05, 0.1) is 5.69 Å². The second-order valence-electron chi connectivity index (χ2n) is 8.16. The fourth-order valence-corrected chi connectivity index (χ4v) is 4.25. The molecule has 0 spiro atoms. The Hall–Kier alpha value is -2.64. The van der Waals surface area contributed by atoms with Crippen LogP contribution < -0.4 is 16.0 Å². The average Bonchev–Trinajstić information content (AvgIpc) is 3.23. The fourth-order valence-electron chi connectivity index (χ4n) is 3.87. The molecule has 2 aromatic heterocycles. The highest BCUT2D eigenvalue weighted by atomic mass is 32.2. The van der Waals surface area contributed by atoms with Crippen molar-refractivity contribution < 1.29 is 0 Å². The van der Waals surface area contributed by atoms with Crippen LogP contribution >= 0.6 is 11.8 Å². The van der Waals surface area contributed by atoms with Crippen LogP contribution in [0.3, 0.4) is 0 Å². The van der Waals surface area contributed by atoms with Gasteiger partial charge in [0, 0.05) is 36.5 Å². The van der Waals surface area contributed by atoms with Crippen molar-refractivity contribution in [3.8, 4) is 11.3 Å². The Morgan fingerprint density at radius 2 is 1.97 bits per heavy atom. The van der Waals surface area contributed by atoms with Gasteiger partial charge in [-0.05, 0) is 49.8 Å². The van der Waals surface area contributed by atoms with E-state index in [1.807, 2.05) is 30.7 Å². The molecule has 0 bridgehead atoms. The van der Waals surface area contributed by atoms with Crippen LogP contribution in [0, 0.1) is 5.92 Å². The van der Waals surface area contributed by atoms with Gasteiger partial charge in [-0.25, -0.2) is 15.0 Å². The molecule has 1 aliphatic heterocycles. The van der Waals surface area contributed by atoms with Crippen LogP contribution in [0.2, 0.25) is 0 Å². The van der Waals surface area contributed by atoms with Crippen LogP contribution in [0.5, 0.6) is 0 Å². The number of thioether (sulfide) groups is 1. The molecule has 0 radical (unpaired) electrons.